The summed E-state index contributed by atoms with van der Waals surface area (Å²) < 4.78 is 4.46. The molecule has 0 atom stereocenters. The molecule has 0 fully saturated rings. The Morgan fingerprint density at radius 3 is 2.81 bits per heavy atom. The van der Waals surface area contributed by atoms with E-state index < -0.39 is 0 Å². The van der Waals surface area contributed by atoms with Crippen molar-refractivity contribution in [1.82, 2.24) is 9.97 Å². The van der Waals surface area contributed by atoms with Crippen molar-refractivity contribution in [2.24, 2.45) is 0 Å². The molecule has 1 aromatic heterocycles. The van der Waals surface area contributed by atoms with Crippen molar-refractivity contribution in [3.63, 3.8) is 0 Å². The molecular formula is C10H15N3O3. The van der Waals surface area contributed by atoms with E-state index in [1.54, 1.807) is 6.20 Å². The Bertz CT molecular complexity index is 373. The molecule has 1 amide bonds. The number of aromatic amines is 1. The number of carbonyl (C=O) groups is 2. The molecule has 0 aliphatic carbocycles. The third-order valence-corrected chi connectivity index (χ3v) is 1.97. The zero-order chi connectivity index (χ0) is 12.0. The number of methoxy groups -OCH3 is 1. The number of nitrogens with one attached hydrogen (secondary N) is 2. The summed E-state index contributed by atoms with van der Waals surface area (Å²) in [5.41, 5.74) is 0.880. The first-order chi connectivity index (χ1) is 7.61. The second-order valence-corrected chi connectivity index (χ2v) is 3.39. The van der Waals surface area contributed by atoms with E-state index in [0.29, 0.717) is 12.4 Å². The van der Waals surface area contributed by atoms with Crippen LogP contribution in [0.4, 0.5) is 5.95 Å². The zero-order valence-electron chi connectivity index (χ0n) is 9.37. The molecule has 0 aliphatic heterocycles. The van der Waals surface area contributed by atoms with E-state index in [-0.39, 0.29) is 24.7 Å². The average molecular weight is 225 g/mol. The highest BCUT2D eigenvalue weighted by Gasteiger charge is 2.06. The Morgan fingerprint density at radius 2 is 2.25 bits per heavy atom. The zero-order valence-corrected chi connectivity index (χ0v) is 9.37. The first-order valence-electron chi connectivity index (χ1n) is 5.00. The van der Waals surface area contributed by atoms with E-state index in [9.17, 15) is 9.59 Å². The summed E-state index contributed by atoms with van der Waals surface area (Å²) in [5.74, 6) is -0.0412. The number of aryl methyl sites for hydroxylation is 1. The fourth-order valence-electron chi connectivity index (χ4n) is 1.17. The summed E-state index contributed by atoms with van der Waals surface area (Å²) in [6.45, 7) is 1.85. The van der Waals surface area contributed by atoms with Crippen LogP contribution in [-0.4, -0.2) is 29.0 Å². The fraction of sp³-hybridized carbons (Fsp3) is 0.500. The van der Waals surface area contributed by atoms with Crippen LogP contribution in [0.5, 0.6) is 0 Å². The van der Waals surface area contributed by atoms with Gasteiger partial charge in [-0.05, 0) is 13.3 Å². The molecule has 0 saturated heterocycles. The summed E-state index contributed by atoms with van der Waals surface area (Å²) in [7, 11) is 1.33. The van der Waals surface area contributed by atoms with Crippen molar-refractivity contribution in [3.05, 3.63) is 11.9 Å². The maximum absolute atomic E-state index is 11.4. The Hall–Kier alpha value is -1.85. The molecule has 1 rings (SSSR count). The molecular weight excluding hydrogens is 210 g/mol. The van der Waals surface area contributed by atoms with E-state index in [4.69, 9.17) is 0 Å². The number of hydrogen-bond acceptors (Lipinski definition) is 4. The quantitative estimate of drug-likeness (QED) is 0.732. The van der Waals surface area contributed by atoms with E-state index >= 15 is 0 Å². The third kappa shape index (κ3) is 4.12. The number of hydrogen-bond donors (Lipinski definition) is 2. The Morgan fingerprint density at radius 1 is 1.50 bits per heavy atom. The molecule has 0 saturated carbocycles. The van der Waals surface area contributed by atoms with Crippen LogP contribution in [-0.2, 0) is 14.3 Å². The highest BCUT2D eigenvalue weighted by atomic mass is 16.5. The number of rotatable bonds is 5. The largest absolute Gasteiger partial charge is 0.469 e. The van der Waals surface area contributed by atoms with Crippen LogP contribution in [0, 0.1) is 6.92 Å². The molecule has 6 heteroatoms. The molecule has 0 spiro atoms. The second kappa shape index (κ2) is 5.89. The maximum atomic E-state index is 11.4. The average Bonchev–Trinajstić information content (AvgIpc) is 2.63. The molecule has 88 valence electrons. The highest BCUT2D eigenvalue weighted by molar-refractivity contribution is 5.89. The normalized spacial score (nSPS) is 9.88. The molecule has 0 bridgehead atoms. The number of aromatic nitrogens is 2. The van der Waals surface area contributed by atoms with Gasteiger partial charge in [0.15, 0.2) is 0 Å². The standard InChI is InChI=1S/C10H15N3O3/c1-7-6-11-10(12-7)13-8(14)4-3-5-9(15)16-2/h6H,3-5H2,1-2H3,(H2,11,12,13,14). The van der Waals surface area contributed by atoms with Crippen LogP contribution in [0.15, 0.2) is 6.20 Å². The molecule has 6 nitrogen and oxygen atoms in total. The van der Waals surface area contributed by atoms with Crippen molar-refractivity contribution in [1.29, 1.82) is 0 Å². The van der Waals surface area contributed by atoms with Gasteiger partial charge in [-0.25, -0.2) is 4.98 Å². The van der Waals surface area contributed by atoms with Gasteiger partial charge >= 0.3 is 5.97 Å². The van der Waals surface area contributed by atoms with Gasteiger partial charge in [0.1, 0.15) is 0 Å². The number of nitrogens with zero attached hydrogens (tertiary/aromatic N) is 1. The van der Waals surface area contributed by atoms with E-state index in [0.717, 1.165) is 5.69 Å². The predicted octanol–water partition coefficient (Wildman–Crippen LogP) is 1.000. The van der Waals surface area contributed by atoms with Crippen molar-refractivity contribution in [2.75, 3.05) is 12.4 Å². The van der Waals surface area contributed by atoms with Gasteiger partial charge in [0.2, 0.25) is 11.9 Å². The number of esters is 1. The summed E-state index contributed by atoms with van der Waals surface area (Å²) in [4.78, 5) is 29.0. The number of imidazole rings is 1. The van der Waals surface area contributed by atoms with Gasteiger partial charge in [0.25, 0.3) is 0 Å². The summed E-state index contributed by atoms with van der Waals surface area (Å²) in [6.07, 6.45) is 2.62. The smallest absolute Gasteiger partial charge is 0.305 e. The van der Waals surface area contributed by atoms with E-state index in [1.165, 1.54) is 7.11 Å². The van der Waals surface area contributed by atoms with Gasteiger partial charge < -0.3 is 9.72 Å². The first kappa shape index (κ1) is 12.2. The van der Waals surface area contributed by atoms with Gasteiger partial charge in [0, 0.05) is 24.7 Å². The Kier molecular flexibility index (Phi) is 4.50. The monoisotopic (exact) mass is 225 g/mol. The fourth-order valence-corrected chi connectivity index (χ4v) is 1.17. The van der Waals surface area contributed by atoms with Crippen molar-refractivity contribution < 1.29 is 14.3 Å². The second-order valence-electron chi connectivity index (χ2n) is 3.39. The van der Waals surface area contributed by atoms with Crippen LogP contribution < -0.4 is 5.32 Å². The SMILES string of the molecule is COC(=O)CCCC(=O)Nc1ncc(C)[nH]1. The molecule has 16 heavy (non-hydrogen) atoms. The van der Waals surface area contributed by atoms with Crippen LogP contribution in [0.2, 0.25) is 0 Å². The van der Waals surface area contributed by atoms with E-state index in [2.05, 4.69) is 20.0 Å². The van der Waals surface area contributed by atoms with Crippen LogP contribution >= 0.6 is 0 Å². The molecule has 0 aliphatic rings. The third-order valence-electron chi connectivity index (χ3n) is 1.97. The van der Waals surface area contributed by atoms with Crippen LogP contribution in [0.1, 0.15) is 25.0 Å². The lowest BCUT2D eigenvalue weighted by Gasteiger charge is -2.01. The summed E-state index contributed by atoms with van der Waals surface area (Å²) >= 11 is 0. The molecule has 0 radical (unpaired) electrons. The molecule has 1 heterocycles. The Balaban J connectivity index is 2.23. The lowest BCUT2D eigenvalue weighted by Crippen LogP contribution is -2.13. The minimum atomic E-state index is -0.304. The minimum absolute atomic E-state index is 0.168. The van der Waals surface area contributed by atoms with Crippen molar-refractivity contribution in [2.45, 2.75) is 26.2 Å². The molecule has 0 unspecified atom stereocenters. The van der Waals surface area contributed by atoms with Gasteiger partial charge in [0.05, 0.1) is 7.11 Å². The van der Waals surface area contributed by atoms with Crippen LogP contribution in [0.25, 0.3) is 0 Å². The first-order valence-corrected chi connectivity index (χ1v) is 5.00. The molecule has 2 N–H and O–H groups in total. The van der Waals surface area contributed by atoms with Gasteiger partial charge in [-0.1, -0.05) is 0 Å². The molecule has 1 aromatic rings. The van der Waals surface area contributed by atoms with Gasteiger partial charge in [-0.3, -0.25) is 14.9 Å². The predicted molar refractivity (Wildman–Crippen MR) is 57.8 cm³/mol. The number of H-pyrrole nitrogens is 1. The van der Waals surface area contributed by atoms with Gasteiger partial charge in [-0.2, -0.15) is 0 Å². The number of anilines is 1. The number of carbonyl (C=O) groups excluding carboxylic acids is 2. The number of ether oxygens (including phenoxy) is 1. The number of amides is 1. The Labute approximate surface area is 93.4 Å². The summed E-state index contributed by atoms with van der Waals surface area (Å²) in [5, 5.41) is 2.60. The molecule has 0 aromatic carbocycles. The van der Waals surface area contributed by atoms with E-state index in [1.807, 2.05) is 6.92 Å². The minimum Gasteiger partial charge on any atom is -0.469 e. The highest BCUT2D eigenvalue weighted by Crippen LogP contribution is 2.03. The van der Waals surface area contributed by atoms with Crippen LogP contribution in [0.3, 0.4) is 0 Å². The van der Waals surface area contributed by atoms with Crippen molar-refractivity contribution in [3.8, 4) is 0 Å². The van der Waals surface area contributed by atoms with Crippen molar-refractivity contribution >= 4 is 17.8 Å². The maximum Gasteiger partial charge on any atom is 0.305 e. The summed E-state index contributed by atoms with van der Waals surface area (Å²) in [6, 6.07) is 0. The topological polar surface area (TPSA) is 84.1 Å². The lowest BCUT2D eigenvalue weighted by atomic mass is 10.2. The lowest BCUT2D eigenvalue weighted by molar-refractivity contribution is -0.140. The van der Waals surface area contributed by atoms with Gasteiger partial charge in [-0.15, -0.1) is 0 Å².